The Morgan fingerprint density at radius 1 is 1.44 bits per heavy atom. The van der Waals surface area contributed by atoms with E-state index in [9.17, 15) is 13.5 Å². The van der Waals surface area contributed by atoms with E-state index in [-0.39, 0.29) is 5.75 Å². The number of aliphatic hydroxyl groups excluding tert-OH is 1. The molecule has 0 spiro atoms. The van der Waals surface area contributed by atoms with Gasteiger partial charge in [-0.05, 0) is 28.2 Å². The summed E-state index contributed by atoms with van der Waals surface area (Å²) < 4.78 is 22.3. The third-order valence-electron chi connectivity index (χ3n) is 2.23. The maximum atomic E-state index is 11.8. The van der Waals surface area contributed by atoms with E-state index in [1.807, 2.05) is 6.07 Å². The van der Waals surface area contributed by atoms with Crippen LogP contribution in [0, 0.1) is 0 Å². The smallest absolute Gasteiger partial charge is 0.207 e. The van der Waals surface area contributed by atoms with E-state index in [1.165, 1.54) is 0 Å². The third kappa shape index (κ3) is 2.77. The van der Waals surface area contributed by atoms with E-state index in [0.717, 1.165) is 0 Å². The number of aliphatic hydroxyl groups is 1. The molecule has 0 aliphatic heterocycles. The van der Waals surface area contributed by atoms with Gasteiger partial charge in [0.15, 0.2) is 9.84 Å². The van der Waals surface area contributed by atoms with Crippen molar-refractivity contribution < 1.29 is 13.5 Å². The van der Waals surface area contributed by atoms with Crippen molar-refractivity contribution in [2.24, 2.45) is 0 Å². The van der Waals surface area contributed by atoms with Gasteiger partial charge in [-0.1, -0.05) is 53.2 Å². The lowest BCUT2D eigenvalue weighted by Crippen LogP contribution is -2.33. The van der Waals surface area contributed by atoms with Crippen LogP contribution in [0.4, 0.5) is 0 Å². The van der Waals surface area contributed by atoms with Crippen molar-refractivity contribution in [3.8, 4) is 0 Å². The molecular weight excluding hydrogens is 407 g/mol. The summed E-state index contributed by atoms with van der Waals surface area (Å²) in [6, 6.07) is 8.73. The molecular formula is C10H12BrIO3S. The van der Waals surface area contributed by atoms with Crippen LogP contribution in [-0.4, -0.2) is 20.9 Å². The zero-order valence-electron chi connectivity index (χ0n) is 8.60. The highest BCUT2D eigenvalue weighted by Crippen LogP contribution is 2.44. The normalized spacial score (nSPS) is 17.8. The van der Waals surface area contributed by atoms with Gasteiger partial charge in [-0.3, -0.25) is 0 Å². The Hall–Kier alpha value is 0.340. The highest BCUT2D eigenvalue weighted by Gasteiger charge is 2.44. The van der Waals surface area contributed by atoms with E-state index in [0.29, 0.717) is 5.56 Å². The average Bonchev–Trinajstić information content (AvgIpc) is 2.29. The molecule has 0 radical (unpaired) electrons. The summed E-state index contributed by atoms with van der Waals surface area (Å²) in [4.78, 5) is 0. The molecule has 0 heterocycles. The lowest BCUT2D eigenvalue weighted by molar-refractivity contribution is 0.191. The third-order valence-corrected chi connectivity index (χ3v) is 8.56. The molecule has 1 rings (SSSR count). The predicted octanol–water partition coefficient (Wildman–Crippen LogP) is 2.64. The largest absolute Gasteiger partial charge is 0.385 e. The van der Waals surface area contributed by atoms with Crippen molar-refractivity contribution in [1.29, 1.82) is 0 Å². The fraction of sp³-hybridized carbons (Fsp3) is 0.400. The van der Waals surface area contributed by atoms with Crippen LogP contribution in [0.5, 0.6) is 0 Å². The number of alkyl halides is 2. The van der Waals surface area contributed by atoms with Crippen LogP contribution in [0.25, 0.3) is 0 Å². The van der Waals surface area contributed by atoms with Crippen LogP contribution in [-0.2, 0) is 9.84 Å². The molecule has 1 aromatic carbocycles. The van der Waals surface area contributed by atoms with Crippen molar-refractivity contribution in [1.82, 2.24) is 0 Å². The molecule has 0 unspecified atom stereocenters. The first-order valence-electron chi connectivity index (χ1n) is 4.66. The van der Waals surface area contributed by atoms with Crippen molar-refractivity contribution in [3.63, 3.8) is 0 Å². The quantitative estimate of drug-likeness (QED) is 0.604. The first-order valence-corrected chi connectivity index (χ1v) is 8.18. The van der Waals surface area contributed by atoms with Gasteiger partial charge in [-0.2, -0.15) is 0 Å². The molecule has 3 nitrogen and oxygen atoms in total. The highest BCUT2D eigenvalue weighted by molar-refractivity contribution is 14.1. The second-order valence-corrected chi connectivity index (χ2v) is 11.4. The fourth-order valence-corrected chi connectivity index (χ4v) is 4.30. The first-order chi connectivity index (χ1) is 7.33. The maximum absolute atomic E-state index is 11.8. The highest BCUT2D eigenvalue weighted by atomic mass is 127. The van der Waals surface area contributed by atoms with Crippen LogP contribution in [0.2, 0.25) is 0 Å². The minimum atomic E-state index is -3.39. The van der Waals surface area contributed by atoms with Gasteiger partial charge < -0.3 is 5.11 Å². The Morgan fingerprint density at radius 2 is 1.94 bits per heavy atom. The molecule has 0 saturated heterocycles. The second kappa shape index (κ2) is 5.32. The van der Waals surface area contributed by atoms with Gasteiger partial charge in [0.25, 0.3) is 0 Å². The molecule has 2 atom stereocenters. The van der Waals surface area contributed by atoms with Crippen molar-refractivity contribution in [3.05, 3.63) is 35.9 Å². The van der Waals surface area contributed by atoms with Gasteiger partial charge in [0.05, 0.1) is 0 Å². The van der Waals surface area contributed by atoms with Crippen LogP contribution in [0.3, 0.4) is 0 Å². The van der Waals surface area contributed by atoms with Gasteiger partial charge >= 0.3 is 0 Å². The van der Waals surface area contributed by atoms with Crippen molar-refractivity contribution in [2.45, 2.75) is 14.7 Å². The minimum absolute atomic E-state index is 0.0227. The molecule has 16 heavy (non-hydrogen) atoms. The van der Waals surface area contributed by atoms with Gasteiger partial charge in [0.2, 0.25) is 1.66 Å². The second-order valence-electron chi connectivity index (χ2n) is 3.28. The zero-order chi connectivity index (χ0) is 12.4. The van der Waals surface area contributed by atoms with E-state index in [4.69, 9.17) is 0 Å². The number of rotatable bonds is 4. The van der Waals surface area contributed by atoms with E-state index in [2.05, 4.69) is 15.9 Å². The summed E-state index contributed by atoms with van der Waals surface area (Å²) in [5.41, 5.74) is 0.575. The van der Waals surface area contributed by atoms with Crippen LogP contribution in [0.15, 0.2) is 30.3 Å². The summed E-state index contributed by atoms with van der Waals surface area (Å²) in [7, 11) is -3.39. The first kappa shape index (κ1) is 14.4. The van der Waals surface area contributed by atoms with E-state index < -0.39 is 17.6 Å². The fourth-order valence-electron chi connectivity index (χ4n) is 1.19. The van der Waals surface area contributed by atoms with Gasteiger partial charge in [-0.15, -0.1) is 0 Å². The lowest BCUT2D eigenvalue weighted by Gasteiger charge is -2.26. The molecule has 6 heteroatoms. The van der Waals surface area contributed by atoms with Crippen LogP contribution < -0.4 is 0 Å². The maximum Gasteiger partial charge on any atom is 0.207 e. The Kier molecular flexibility index (Phi) is 4.79. The lowest BCUT2D eigenvalue weighted by atomic mass is 10.1. The van der Waals surface area contributed by atoms with Gasteiger partial charge in [0, 0.05) is 5.75 Å². The molecule has 1 N–H and O–H groups in total. The summed E-state index contributed by atoms with van der Waals surface area (Å²) in [6.45, 7) is 1.56. The summed E-state index contributed by atoms with van der Waals surface area (Å²) >= 11 is 4.84. The Labute approximate surface area is 117 Å². The van der Waals surface area contributed by atoms with Crippen molar-refractivity contribution >= 4 is 48.4 Å². The minimum Gasteiger partial charge on any atom is -0.385 e. The van der Waals surface area contributed by atoms with Gasteiger partial charge in [-0.25, -0.2) is 8.42 Å². The molecule has 0 aliphatic carbocycles. The Balaban J connectivity index is 3.11. The van der Waals surface area contributed by atoms with Crippen molar-refractivity contribution in [2.75, 3.05) is 5.75 Å². The molecule has 0 saturated carbocycles. The molecule has 0 aromatic heterocycles. The van der Waals surface area contributed by atoms with E-state index >= 15 is 0 Å². The van der Waals surface area contributed by atoms with E-state index in [1.54, 1.807) is 53.8 Å². The Morgan fingerprint density at radius 3 is 2.38 bits per heavy atom. The summed E-state index contributed by atoms with van der Waals surface area (Å²) in [6.07, 6.45) is -1.10. The van der Waals surface area contributed by atoms with Crippen LogP contribution in [0.1, 0.15) is 18.6 Å². The standard InChI is InChI=1S/C10H12BrIO3S/c1-2-16(14,15)10(11,12)9(13)8-6-4-3-5-7-8/h3-7,9,13H,2H2,1H3/t9-,10+/m0/s1. The van der Waals surface area contributed by atoms with Crippen LogP contribution >= 0.6 is 38.5 Å². The summed E-state index contributed by atoms with van der Waals surface area (Å²) in [5.74, 6) is -0.0227. The molecule has 1 aromatic rings. The molecule has 0 aliphatic rings. The zero-order valence-corrected chi connectivity index (χ0v) is 13.2. The number of benzene rings is 1. The number of halogens is 2. The monoisotopic (exact) mass is 418 g/mol. The average molecular weight is 419 g/mol. The molecule has 0 fully saturated rings. The number of hydrogen-bond donors (Lipinski definition) is 1. The number of hydrogen-bond acceptors (Lipinski definition) is 3. The molecule has 0 amide bonds. The molecule has 0 bridgehead atoms. The summed E-state index contributed by atoms with van der Waals surface area (Å²) in [5, 5.41) is 10.1. The topological polar surface area (TPSA) is 54.4 Å². The number of sulfone groups is 1. The van der Waals surface area contributed by atoms with Gasteiger partial charge in [0.1, 0.15) is 6.10 Å². The Bertz CT molecular complexity index is 444. The SMILES string of the molecule is CCS(=O)(=O)[C@](Br)(I)[C@@H](O)c1ccccc1. The predicted molar refractivity (Wildman–Crippen MR) is 76.5 cm³/mol. The molecule has 90 valence electrons.